The Kier molecular flexibility index (Phi) is 7.01. The van der Waals surface area contributed by atoms with Gasteiger partial charge in [-0.05, 0) is 64.4 Å². The lowest BCUT2D eigenvalue weighted by Gasteiger charge is -2.20. The largest absolute Gasteiger partial charge is 0.462 e. The highest BCUT2D eigenvalue weighted by Crippen LogP contribution is 2.38. The molecule has 0 aliphatic rings. The lowest BCUT2D eigenvalue weighted by Crippen LogP contribution is -2.25. The van der Waals surface area contributed by atoms with Gasteiger partial charge in [0.15, 0.2) is 0 Å². The standard InChI is InChI=1S/C25H25Cl2NO4/c1-6-31-23(29)20-15(2)28(19-10-8-7-9-18(19)27)22(16-11-13-17(26)14-12-16)21(20)24(30)32-25(3,4)5/h7-14H,6H2,1-5H3. The zero-order chi connectivity index (χ0) is 23.6. The average Bonchev–Trinajstić information content (AvgIpc) is 3.01. The average molecular weight is 474 g/mol. The van der Waals surface area contributed by atoms with E-state index in [0.717, 1.165) is 0 Å². The summed E-state index contributed by atoms with van der Waals surface area (Å²) in [7, 11) is 0. The topological polar surface area (TPSA) is 57.5 Å². The van der Waals surface area contributed by atoms with Gasteiger partial charge < -0.3 is 14.0 Å². The van der Waals surface area contributed by atoms with Gasteiger partial charge in [-0.25, -0.2) is 9.59 Å². The number of halogens is 2. The van der Waals surface area contributed by atoms with Crippen LogP contribution in [0.15, 0.2) is 48.5 Å². The van der Waals surface area contributed by atoms with Crippen molar-refractivity contribution in [3.63, 3.8) is 0 Å². The number of esters is 2. The van der Waals surface area contributed by atoms with Crippen LogP contribution in [-0.2, 0) is 9.47 Å². The van der Waals surface area contributed by atoms with Gasteiger partial charge in [-0.15, -0.1) is 0 Å². The van der Waals surface area contributed by atoms with Crippen LogP contribution in [-0.4, -0.2) is 28.7 Å². The number of ether oxygens (including phenoxy) is 2. The normalized spacial score (nSPS) is 11.3. The third-order valence-electron chi connectivity index (χ3n) is 4.70. The Morgan fingerprint density at radius 1 is 0.938 bits per heavy atom. The van der Waals surface area contributed by atoms with Crippen molar-refractivity contribution in [2.45, 2.75) is 40.2 Å². The molecule has 0 fully saturated rings. The molecule has 0 aliphatic heterocycles. The van der Waals surface area contributed by atoms with Gasteiger partial charge in [-0.1, -0.05) is 47.5 Å². The predicted molar refractivity (Wildman–Crippen MR) is 127 cm³/mol. The first kappa shape index (κ1) is 23.9. The van der Waals surface area contributed by atoms with Crippen LogP contribution in [0.5, 0.6) is 0 Å². The van der Waals surface area contributed by atoms with E-state index in [-0.39, 0.29) is 17.7 Å². The first-order chi connectivity index (χ1) is 15.0. The Morgan fingerprint density at radius 2 is 1.56 bits per heavy atom. The summed E-state index contributed by atoms with van der Waals surface area (Å²) >= 11 is 12.6. The number of nitrogens with zero attached hydrogens (tertiary/aromatic N) is 1. The molecule has 7 heteroatoms. The smallest absolute Gasteiger partial charge is 0.341 e. The van der Waals surface area contributed by atoms with Crippen LogP contribution in [0.3, 0.4) is 0 Å². The number of hydrogen-bond acceptors (Lipinski definition) is 4. The summed E-state index contributed by atoms with van der Waals surface area (Å²) in [6, 6.07) is 14.2. The van der Waals surface area contributed by atoms with Gasteiger partial charge in [0.25, 0.3) is 0 Å². The molecule has 32 heavy (non-hydrogen) atoms. The van der Waals surface area contributed by atoms with Crippen molar-refractivity contribution in [2.24, 2.45) is 0 Å². The van der Waals surface area contributed by atoms with Crippen molar-refractivity contribution in [1.29, 1.82) is 0 Å². The summed E-state index contributed by atoms with van der Waals surface area (Å²) in [5.41, 5.74) is 1.79. The molecule has 3 rings (SSSR count). The summed E-state index contributed by atoms with van der Waals surface area (Å²) in [4.78, 5) is 26.5. The van der Waals surface area contributed by atoms with Gasteiger partial charge in [0, 0.05) is 10.7 Å². The molecule has 0 saturated carbocycles. The van der Waals surface area contributed by atoms with Gasteiger partial charge in [-0.2, -0.15) is 0 Å². The van der Waals surface area contributed by atoms with E-state index in [9.17, 15) is 9.59 Å². The van der Waals surface area contributed by atoms with E-state index in [4.69, 9.17) is 32.7 Å². The number of para-hydroxylation sites is 1. The minimum Gasteiger partial charge on any atom is -0.462 e. The molecule has 0 radical (unpaired) electrons. The zero-order valence-corrected chi connectivity index (χ0v) is 20.2. The van der Waals surface area contributed by atoms with Crippen LogP contribution in [0.25, 0.3) is 16.9 Å². The molecule has 168 valence electrons. The van der Waals surface area contributed by atoms with Gasteiger partial charge >= 0.3 is 11.9 Å². The number of hydrogen-bond donors (Lipinski definition) is 0. The third-order valence-corrected chi connectivity index (χ3v) is 5.27. The molecule has 3 aromatic rings. The molecule has 1 heterocycles. The van der Waals surface area contributed by atoms with E-state index in [2.05, 4.69) is 0 Å². The summed E-state index contributed by atoms with van der Waals surface area (Å²) in [6.07, 6.45) is 0. The fourth-order valence-corrected chi connectivity index (χ4v) is 3.83. The number of benzene rings is 2. The van der Waals surface area contributed by atoms with Gasteiger partial charge in [0.05, 0.1) is 28.6 Å². The van der Waals surface area contributed by atoms with Crippen molar-refractivity contribution in [3.05, 3.63) is 75.4 Å². The molecule has 0 saturated heterocycles. The quantitative estimate of drug-likeness (QED) is 0.378. The lowest BCUT2D eigenvalue weighted by atomic mass is 10.0. The molecular weight excluding hydrogens is 449 g/mol. The molecule has 0 spiro atoms. The minimum absolute atomic E-state index is 0.123. The highest BCUT2D eigenvalue weighted by atomic mass is 35.5. The minimum atomic E-state index is -0.763. The second-order valence-corrected chi connectivity index (χ2v) is 9.04. The van der Waals surface area contributed by atoms with Gasteiger partial charge in [-0.3, -0.25) is 0 Å². The summed E-state index contributed by atoms with van der Waals surface area (Å²) < 4.78 is 12.8. The van der Waals surface area contributed by atoms with E-state index < -0.39 is 17.5 Å². The number of carbonyl (C=O) groups excluding carboxylic acids is 2. The summed E-state index contributed by atoms with van der Waals surface area (Å²) in [5.74, 6) is -1.23. The van der Waals surface area contributed by atoms with Crippen molar-refractivity contribution >= 4 is 35.1 Å². The van der Waals surface area contributed by atoms with Crippen molar-refractivity contribution in [1.82, 2.24) is 4.57 Å². The first-order valence-corrected chi connectivity index (χ1v) is 11.0. The van der Waals surface area contributed by atoms with E-state index in [1.165, 1.54) is 0 Å². The van der Waals surface area contributed by atoms with E-state index in [1.54, 1.807) is 69.5 Å². The second kappa shape index (κ2) is 9.39. The summed E-state index contributed by atoms with van der Waals surface area (Å²) in [6.45, 7) is 8.95. The fraction of sp³-hybridized carbons (Fsp3) is 0.280. The Balaban J connectivity index is 2.44. The van der Waals surface area contributed by atoms with Crippen molar-refractivity contribution in [3.8, 4) is 16.9 Å². The highest BCUT2D eigenvalue weighted by molar-refractivity contribution is 6.32. The monoisotopic (exact) mass is 473 g/mol. The van der Waals surface area contributed by atoms with Crippen LogP contribution in [0, 0.1) is 6.92 Å². The summed E-state index contributed by atoms with van der Waals surface area (Å²) in [5, 5.41) is 1.01. The third kappa shape index (κ3) is 4.84. The SMILES string of the molecule is CCOC(=O)c1c(C(=O)OC(C)(C)C)c(-c2ccc(Cl)cc2)n(-c2ccccc2Cl)c1C. The maximum Gasteiger partial charge on any atom is 0.341 e. The number of aromatic nitrogens is 1. The molecule has 0 N–H and O–H groups in total. The molecule has 5 nitrogen and oxygen atoms in total. The highest BCUT2D eigenvalue weighted by Gasteiger charge is 2.34. The van der Waals surface area contributed by atoms with Crippen molar-refractivity contribution < 1.29 is 19.1 Å². The van der Waals surface area contributed by atoms with Crippen LogP contribution in [0.4, 0.5) is 0 Å². The molecule has 1 aromatic heterocycles. The Hall–Kier alpha value is -2.76. The van der Waals surface area contributed by atoms with Crippen molar-refractivity contribution in [2.75, 3.05) is 6.61 Å². The molecule has 2 aromatic carbocycles. The first-order valence-electron chi connectivity index (χ1n) is 10.2. The van der Waals surface area contributed by atoms with Gasteiger partial charge in [0.1, 0.15) is 11.2 Å². The Bertz CT molecular complexity index is 1160. The fourth-order valence-electron chi connectivity index (χ4n) is 3.49. The van der Waals surface area contributed by atoms with Crippen LogP contribution in [0.2, 0.25) is 10.0 Å². The maximum absolute atomic E-state index is 13.4. The molecular formula is C25H25Cl2NO4. The molecule has 0 atom stereocenters. The Morgan fingerprint density at radius 3 is 2.12 bits per heavy atom. The molecule has 0 unspecified atom stereocenters. The van der Waals surface area contributed by atoms with Crippen LogP contribution in [0.1, 0.15) is 54.1 Å². The van der Waals surface area contributed by atoms with Crippen LogP contribution >= 0.6 is 23.2 Å². The molecule has 0 aliphatic carbocycles. The predicted octanol–water partition coefficient (Wildman–Crippen LogP) is 6.89. The Labute approximate surface area is 197 Å². The van der Waals surface area contributed by atoms with E-state index >= 15 is 0 Å². The lowest BCUT2D eigenvalue weighted by molar-refractivity contribution is 0.00656. The van der Waals surface area contributed by atoms with E-state index in [1.807, 2.05) is 18.2 Å². The molecule has 0 bridgehead atoms. The van der Waals surface area contributed by atoms with Gasteiger partial charge in [0.2, 0.25) is 0 Å². The second-order valence-electron chi connectivity index (χ2n) is 8.20. The number of rotatable bonds is 5. The maximum atomic E-state index is 13.4. The zero-order valence-electron chi connectivity index (χ0n) is 18.7. The van der Waals surface area contributed by atoms with E-state index in [0.29, 0.717) is 32.7 Å². The molecule has 0 amide bonds. The number of carbonyl (C=O) groups is 2. The van der Waals surface area contributed by atoms with Crippen LogP contribution < -0.4 is 0 Å².